The standard InChI is InChI=1S/C21H32N4O3/c1-21(2,3)28-20(27)25-14-12-24(13-15-25)19(26)16-8-10-23(11-9-16)18-6-4-17(22)5-7-18/h4-7,16H,8-15,22H2,1-3H3. The minimum atomic E-state index is -0.498. The molecule has 0 saturated carbocycles. The summed E-state index contributed by atoms with van der Waals surface area (Å²) in [4.78, 5) is 31.0. The molecule has 1 aromatic rings. The molecule has 2 amide bonds. The number of hydrogen-bond donors (Lipinski definition) is 1. The number of nitrogens with two attached hydrogens (primary N) is 1. The van der Waals surface area contributed by atoms with Crippen LogP contribution in [0.5, 0.6) is 0 Å². The highest BCUT2D eigenvalue weighted by molar-refractivity contribution is 5.79. The molecule has 0 atom stereocenters. The van der Waals surface area contributed by atoms with Gasteiger partial charge in [0, 0.05) is 56.6 Å². The van der Waals surface area contributed by atoms with Gasteiger partial charge in [-0.25, -0.2) is 4.79 Å². The van der Waals surface area contributed by atoms with E-state index >= 15 is 0 Å². The van der Waals surface area contributed by atoms with Crippen LogP contribution in [0.1, 0.15) is 33.6 Å². The van der Waals surface area contributed by atoms with Crippen LogP contribution in [-0.2, 0) is 9.53 Å². The minimum Gasteiger partial charge on any atom is -0.444 e. The highest BCUT2D eigenvalue weighted by Crippen LogP contribution is 2.25. The Morgan fingerprint density at radius 2 is 1.46 bits per heavy atom. The molecule has 154 valence electrons. The van der Waals surface area contributed by atoms with Crippen LogP contribution in [0.3, 0.4) is 0 Å². The predicted octanol–water partition coefficient (Wildman–Crippen LogP) is 2.56. The molecule has 3 rings (SSSR count). The summed E-state index contributed by atoms with van der Waals surface area (Å²) in [5, 5.41) is 0. The van der Waals surface area contributed by atoms with Crippen LogP contribution in [0.4, 0.5) is 16.2 Å². The average Bonchev–Trinajstić information content (AvgIpc) is 2.67. The summed E-state index contributed by atoms with van der Waals surface area (Å²) in [6.45, 7) is 9.56. The highest BCUT2D eigenvalue weighted by atomic mass is 16.6. The Morgan fingerprint density at radius 3 is 2.00 bits per heavy atom. The lowest BCUT2D eigenvalue weighted by Gasteiger charge is -2.39. The maximum absolute atomic E-state index is 12.9. The number of anilines is 2. The number of piperazine rings is 1. The molecule has 0 radical (unpaired) electrons. The third kappa shape index (κ3) is 5.09. The first kappa shape index (κ1) is 20.3. The van der Waals surface area contributed by atoms with Crippen molar-refractivity contribution in [3.8, 4) is 0 Å². The van der Waals surface area contributed by atoms with Gasteiger partial charge in [0.1, 0.15) is 5.60 Å². The topological polar surface area (TPSA) is 79.1 Å². The van der Waals surface area contributed by atoms with E-state index in [0.717, 1.165) is 37.3 Å². The van der Waals surface area contributed by atoms with Crippen LogP contribution >= 0.6 is 0 Å². The maximum atomic E-state index is 12.9. The van der Waals surface area contributed by atoms with Gasteiger partial charge in [0.15, 0.2) is 0 Å². The third-order valence-corrected chi connectivity index (χ3v) is 5.35. The van der Waals surface area contributed by atoms with Crippen molar-refractivity contribution in [1.82, 2.24) is 9.80 Å². The third-order valence-electron chi connectivity index (χ3n) is 5.35. The van der Waals surface area contributed by atoms with E-state index in [9.17, 15) is 9.59 Å². The van der Waals surface area contributed by atoms with Crippen molar-refractivity contribution >= 4 is 23.4 Å². The van der Waals surface area contributed by atoms with E-state index in [0.29, 0.717) is 26.2 Å². The molecule has 1 aromatic carbocycles. The number of rotatable bonds is 2. The van der Waals surface area contributed by atoms with Crippen LogP contribution in [0, 0.1) is 5.92 Å². The first-order valence-electron chi connectivity index (χ1n) is 10.1. The highest BCUT2D eigenvalue weighted by Gasteiger charge is 2.32. The molecule has 2 fully saturated rings. The van der Waals surface area contributed by atoms with E-state index in [1.807, 2.05) is 49.9 Å². The molecular weight excluding hydrogens is 356 g/mol. The van der Waals surface area contributed by atoms with Gasteiger partial charge in [-0.15, -0.1) is 0 Å². The van der Waals surface area contributed by atoms with Crippen molar-refractivity contribution < 1.29 is 14.3 Å². The van der Waals surface area contributed by atoms with E-state index < -0.39 is 5.60 Å². The van der Waals surface area contributed by atoms with Crippen LogP contribution in [0.25, 0.3) is 0 Å². The molecule has 2 saturated heterocycles. The lowest BCUT2D eigenvalue weighted by Crippen LogP contribution is -2.53. The van der Waals surface area contributed by atoms with Gasteiger partial charge in [-0.2, -0.15) is 0 Å². The van der Waals surface area contributed by atoms with Crippen LogP contribution < -0.4 is 10.6 Å². The molecule has 2 aliphatic rings. The zero-order chi connectivity index (χ0) is 20.3. The first-order valence-corrected chi connectivity index (χ1v) is 10.1. The predicted molar refractivity (Wildman–Crippen MR) is 110 cm³/mol. The molecule has 2 aliphatic heterocycles. The van der Waals surface area contributed by atoms with Crippen molar-refractivity contribution in [1.29, 1.82) is 0 Å². The van der Waals surface area contributed by atoms with Crippen LogP contribution in [0.15, 0.2) is 24.3 Å². The molecule has 0 spiro atoms. The Hall–Kier alpha value is -2.44. The minimum absolute atomic E-state index is 0.0677. The largest absolute Gasteiger partial charge is 0.444 e. The molecule has 2 N–H and O–H groups in total. The monoisotopic (exact) mass is 388 g/mol. The second kappa shape index (κ2) is 8.29. The lowest BCUT2D eigenvalue weighted by molar-refractivity contribution is -0.138. The van der Waals surface area contributed by atoms with Crippen LogP contribution in [0.2, 0.25) is 0 Å². The average molecular weight is 389 g/mol. The number of nitrogens with zero attached hydrogens (tertiary/aromatic N) is 3. The Balaban J connectivity index is 1.46. The Labute approximate surface area is 167 Å². The van der Waals surface area contributed by atoms with Gasteiger partial charge in [0.25, 0.3) is 0 Å². The summed E-state index contributed by atoms with van der Waals surface area (Å²) in [5.74, 6) is 0.291. The van der Waals surface area contributed by atoms with E-state index in [-0.39, 0.29) is 17.9 Å². The zero-order valence-electron chi connectivity index (χ0n) is 17.2. The number of carbonyl (C=O) groups excluding carboxylic acids is 2. The van der Waals surface area contributed by atoms with Crippen LogP contribution in [-0.4, -0.2) is 66.7 Å². The fourth-order valence-electron chi connectivity index (χ4n) is 3.76. The van der Waals surface area contributed by atoms with E-state index in [1.54, 1.807) is 4.90 Å². The fraction of sp³-hybridized carbons (Fsp3) is 0.619. The summed E-state index contributed by atoms with van der Waals surface area (Å²) < 4.78 is 5.42. The van der Waals surface area contributed by atoms with Gasteiger partial charge in [-0.1, -0.05) is 0 Å². The smallest absolute Gasteiger partial charge is 0.410 e. The van der Waals surface area contributed by atoms with Gasteiger partial charge in [-0.05, 0) is 57.9 Å². The molecule has 7 heteroatoms. The van der Waals surface area contributed by atoms with Crippen molar-refractivity contribution in [2.24, 2.45) is 5.92 Å². The molecule has 7 nitrogen and oxygen atoms in total. The second-order valence-electron chi connectivity index (χ2n) is 8.65. The molecule has 0 aliphatic carbocycles. The summed E-state index contributed by atoms with van der Waals surface area (Å²) in [7, 11) is 0. The van der Waals surface area contributed by atoms with E-state index in [1.165, 1.54) is 0 Å². The number of benzene rings is 1. The molecule has 0 unspecified atom stereocenters. The number of ether oxygens (including phenoxy) is 1. The van der Waals surface area contributed by atoms with E-state index in [2.05, 4.69) is 4.90 Å². The summed E-state index contributed by atoms with van der Waals surface area (Å²) in [5.41, 5.74) is 7.18. The van der Waals surface area contributed by atoms with Gasteiger partial charge < -0.3 is 25.2 Å². The molecule has 2 heterocycles. The van der Waals surface area contributed by atoms with E-state index in [4.69, 9.17) is 10.5 Å². The van der Waals surface area contributed by atoms with Crippen molar-refractivity contribution in [2.45, 2.75) is 39.2 Å². The Morgan fingerprint density at radius 1 is 0.929 bits per heavy atom. The normalized spacial score (nSPS) is 18.9. The van der Waals surface area contributed by atoms with Gasteiger partial charge >= 0.3 is 6.09 Å². The van der Waals surface area contributed by atoms with Gasteiger partial charge in [0.2, 0.25) is 5.91 Å². The summed E-state index contributed by atoms with van der Waals surface area (Å²) in [6, 6.07) is 7.90. The first-order chi connectivity index (χ1) is 13.2. The van der Waals surface area contributed by atoms with Gasteiger partial charge in [0.05, 0.1) is 0 Å². The number of piperidine rings is 1. The Kier molecular flexibility index (Phi) is 6.01. The van der Waals surface area contributed by atoms with Crippen molar-refractivity contribution in [2.75, 3.05) is 49.9 Å². The zero-order valence-corrected chi connectivity index (χ0v) is 17.2. The Bertz CT molecular complexity index is 683. The fourth-order valence-corrected chi connectivity index (χ4v) is 3.76. The van der Waals surface area contributed by atoms with Crippen molar-refractivity contribution in [3.05, 3.63) is 24.3 Å². The molecule has 0 aromatic heterocycles. The maximum Gasteiger partial charge on any atom is 0.410 e. The molecular formula is C21H32N4O3. The summed E-state index contributed by atoms with van der Waals surface area (Å²) in [6.07, 6.45) is 1.42. The SMILES string of the molecule is CC(C)(C)OC(=O)N1CCN(C(=O)C2CCN(c3ccc(N)cc3)CC2)CC1. The van der Waals surface area contributed by atoms with Gasteiger partial charge in [-0.3, -0.25) is 4.79 Å². The number of amides is 2. The molecule has 0 bridgehead atoms. The lowest BCUT2D eigenvalue weighted by atomic mass is 9.94. The number of hydrogen-bond acceptors (Lipinski definition) is 5. The van der Waals surface area contributed by atoms with Crippen molar-refractivity contribution in [3.63, 3.8) is 0 Å². The molecule has 28 heavy (non-hydrogen) atoms. The number of nitrogen functional groups attached to an aromatic ring is 1. The number of carbonyl (C=O) groups is 2. The second-order valence-corrected chi connectivity index (χ2v) is 8.65. The summed E-state index contributed by atoms with van der Waals surface area (Å²) >= 11 is 0. The quantitative estimate of drug-likeness (QED) is 0.788.